The number of aryl methyl sites for hydroxylation is 1. The summed E-state index contributed by atoms with van der Waals surface area (Å²) in [7, 11) is 0. The first-order valence-electron chi connectivity index (χ1n) is 6.04. The molecule has 0 aliphatic rings. The second-order valence-electron chi connectivity index (χ2n) is 4.50. The molecule has 0 spiro atoms. The van der Waals surface area contributed by atoms with Crippen LogP contribution in [0.1, 0.15) is 15.9 Å². The molecular formula is C15H11BrN2O2. The minimum absolute atomic E-state index is 0.213. The van der Waals surface area contributed by atoms with Crippen LogP contribution in [0, 0.1) is 6.92 Å². The van der Waals surface area contributed by atoms with Crippen molar-refractivity contribution in [3.63, 3.8) is 0 Å². The van der Waals surface area contributed by atoms with Gasteiger partial charge in [-0.1, -0.05) is 18.2 Å². The minimum atomic E-state index is -0.968. The van der Waals surface area contributed by atoms with Gasteiger partial charge < -0.3 is 5.11 Å². The number of halogens is 1. The molecule has 4 nitrogen and oxygen atoms in total. The number of benzene rings is 2. The third-order valence-electron chi connectivity index (χ3n) is 3.24. The number of hydrogen-bond acceptors (Lipinski definition) is 2. The monoisotopic (exact) mass is 330 g/mol. The first kappa shape index (κ1) is 12.9. The van der Waals surface area contributed by atoms with E-state index in [-0.39, 0.29) is 5.56 Å². The predicted octanol–water partition coefficient (Wildman–Crippen LogP) is 3.79. The average molecular weight is 331 g/mol. The molecule has 5 heteroatoms. The fourth-order valence-corrected chi connectivity index (χ4v) is 2.68. The number of carboxylic acids is 1. The third-order valence-corrected chi connectivity index (χ3v) is 4.27. The maximum Gasteiger partial charge on any atom is 0.337 e. The number of fused-ring (bicyclic) bond motifs is 1. The molecule has 0 atom stereocenters. The van der Waals surface area contributed by atoms with Crippen LogP contribution >= 0.6 is 15.9 Å². The lowest BCUT2D eigenvalue weighted by molar-refractivity contribution is 0.0699. The number of carbonyl (C=O) groups is 1. The van der Waals surface area contributed by atoms with Gasteiger partial charge in [-0.25, -0.2) is 9.78 Å². The zero-order valence-corrected chi connectivity index (χ0v) is 12.3. The number of aromatic nitrogens is 2. The number of hydrogen-bond donors (Lipinski definition) is 1. The zero-order chi connectivity index (χ0) is 14.3. The highest BCUT2D eigenvalue weighted by Crippen LogP contribution is 2.28. The number of para-hydroxylation sites is 1. The molecule has 0 fully saturated rings. The third kappa shape index (κ3) is 1.91. The lowest BCUT2D eigenvalue weighted by Crippen LogP contribution is -1.98. The van der Waals surface area contributed by atoms with Crippen molar-refractivity contribution in [2.45, 2.75) is 6.92 Å². The highest BCUT2D eigenvalue weighted by atomic mass is 79.9. The van der Waals surface area contributed by atoms with E-state index in [1.165, 1.54) is 0 Å². The number of imidazole rings is 1. The second-order valence-corrected chi connectivity index (χ2v) is 5.29. The van der Waals surface area contributed by atoms with Gasteiger partial charge in [-0.05, 0) is 46.6 Å². The lowest BCUT2D eigenvalue weighted by atomic mass is 10.1. The highest BCUT2D eigenvalue weighted by molar-refractivity contribution is 9.10. The molecule has 3 aromatic rings. The van der Waals surface area contributed by atoms with E-state index < -0.39 is 5.97 Å². The van der Waals surface area contributed by atoms with Crippen molar-refractivity contribution < 1.29 is 9.90 Å². The molecule has 20 heavy (non-hydrogen) atoms. The second kappa shape index (κ2) is 4.76. The van der Waals surface area contributed by atoms with Gasteiger partial charge in [0, 0.05) is 4.47 Å². The van der Waals surface area contributed by atoms with E-state index in [1.807, 2.05) is 35.8 Å². The summed E-state index contributed by atoms with van der Waals surface area (Å²) in [5.74, 6) is -0.968. The van der Waals surface area contributed by atoms with Crippen LogP contribution in [0.4, 0.5) is 0 Å². The summed E-state index contributed by atoms with van der Waals surface area (Å²) in [6.07, 6.45) is 1.65. The van der Waals surface area contributed by atoms with Gasteiger partial charge in [0.1, 0.15) is 11.8 Å². The van der Waals surface area contributed by atoms with Gasteiger partial charge in [-0.15, -0.1) is 0 Å². The van der Waals surface area contributed by atoms with Gasteiger partial charge >= 0.3 is 5.97 Å². The Hall–Kier alpha value is -2.14. The molecule has 0 aliphatic carbocycles. The van der Waals surface area contributed by atoms with Gasteiger partial charge in [0.05, 0.1) is 16.8 Å². The molecule has 100 valence electrons. The molecule has 0 radical (unpaired) electrons. The van der Waals surface area contributed by atoms with Gasteiger partial charge in [-0.3, -0.25) is 4.57 Å². The van der Waals surface area contributed by atoms with Crippen LogP contribution in [-0.4, -0.2) is 20.6 Å². The van der Waals surface area contributed by atoms with Crippen LogP contribution < -0.4 is 0 Å². The maximum absolute atomic E-state index is 11.2. The van der Waals surface area contributed by atoms with Gasteiger partial charge in [0.2, 0.25) is 0 Å². The molecule has 1 heterocycles. The molecule has 0 unspecified atom stereocenters. The molecule has 2 aromatic carbocycles. The number of nitrogens with zero attached hydrogens (tertiary/aromatic N) is 2. The standard InChI is InChI=1S/C15H11BrN2O2/c1-9-4-2-6-11(13(9)16)18-8-17-14-10(15(19)20)5-3-7-12(14)18/h2-8H,1H3,(H,19,20). The van der Waals surface area contributed by atoms with Gasteiger partial charge in [-0.2, -0.15) is 0 Å². The van der Waals surface area contributed by atoms with Crippen LogP contribution in [0.15, 0.2) is 47.2 Å². The Bertz CT molecular complexity index is 824. The average Bonchev–Trinajstić information content (AvgIpc) is 2.85. The molecule has 0 saturated carbocycles. The van der Waals surface area contributed by atoms with E-state index >= 15 is 0 Å². The van der Waals surface area contributed by atoms with E-state index in [4.69, 9.17) is 0 Å². The smallest absolute Gasteiger partial charge is 0.337 e. The van der Waals surface area contributed by atoms with Crippen molar-refractivity contribution in [2.75, 3.05) is 0 Å². The Labute approximate surface area is 123 Å². The topological polar surface area (TPSA) is 55.1 Å². The molecule has 0 amide bonds. The molecule has 1 aromatic heterocycles. The lowest BCUT2D eigenvalue weighted by Gasteiger charge is -2.09. The zero-order valence-electron chi connectivity index (χ0n) is 10.7. The number of carboxylic acid groups (broad SMARTS) is 1. The molecular weight excluding hydrogens is 320 g/mol. The summed E-state index contributed by atoms with van der Waals surface area (Å²) >= 11 is 3.57. The van der Waals surface area contributed by atoms with Crippen LogP contribution in [0.3, 0.4) is 0 Å². The van der Waals surface area contributed by atoms with Crippen LogP contribution in [0.5, 0.6) is 0 Å². The van der Waals surface area contributed by atoms with Crippen molar-refractivity contribution >= 4 is 32.9 Å². The van der Waals surface area contributed by atoms with Crippen LogP contribution in [-0.2, 0) is 0 Å². The number of aromatic carboxylic acids is 1. The van der Waals surface area contributed by atoms with Crippen molar-refractivity contribution in [3.8, 4) is 5.69 Å². The van der Waals surface area contributed by atoms with E-state index in [0.717, 1.165) is 21.2 Å². The van der Waals surface area contributed by atoms with Gasteiger partial charge in [0.25, 0.3) is 0 Å². The Morgan fingerprint density at radius 2 is 2.00 bits per heavy atom. The van der Waals surface area contributed by atoms with Crippen molar-refractivity contribution in [2.24, 2.45) is 0 Å². The summed E-state index contributed by atoms with van der Waals surface area (Å²) in [5.41, 5.74) is 3.53. The molecule has 0 bridgehead atoms. The molecule has 3 rings (SSSR count). The van der Waals surface area contributed by atoms with E-state index in [2.05, 4.69) is 20.9 Å². The van der Waals surface area contributed by atoms with E-state index in [9.17, 15) is 9.90 Å². The summed E-state index contributed by atoms with van der Waals surface area (Å²) in [4.78, 5) is 15.5. The van der Waals surface area contributed by atoms with Crippen LogP contribution in [0.2, 0.25) is 0 Å². The van der Waals surface area contributed by atoms with E-state index in [0.29, 0.717) is 5.52 Å². The van der Waals surface area contributed by atoms with Crippen molar-refractivity contribution in [1.82, 2.24) is 9.55 Å². The SMILES string of the molecule is Cc1cccc(-n2cnc3c(C(=O)O)cccc32)c1Br. The summed E-state index contributed by atoms with van der Waals surface area (Å²) in [5, 5.41) is 9.20. The Morgan fingerprint density at radius 1 is 1.25 bits per heavy atom. The summed E-state index contributed by atoms with van der Waals surface area (Å²) < 4.78 is 2.86. The molecule has 1 N–H and O–H groups in total. The Kier molecular flexibility index (Phi) is 3.06. The normalized spacial score (nSPS) is 10.9. The Balaban J connectivity index is 2.31. The predicted molar refractivity (Wildman–Crippen MR) is 80.5 cm³/mol. The first-order chi connectivity index (χ1) is 9.59. The fraction of sp³-hybridized carbons (Fsp3) is 0.0667. The highest BCUT2D eigenvalue weighted by Gasteiger charge is 2.14. The van der Waals surface area contributed by atoms with E-state index in [1.54, 1.807) is 18.5 Å². The van der Waals surface area contributed by atoms with Crippen LogP contribution in [0.25, 0.3) is 16.7 Å². The largest absolute Gasteiger partial charge is 0.478 e. The first-order valence-corrected chi connectivity index (χ1v) is 6.83. The minimum Gasteiger partial charge on any atom is -0.478 e. The number of rotatable bonds is 2. The Morgan fingerprint density at radius 3 is 2.75 bits per heavy atom. The molecule has 0 aliphatic heterocycles. The summed E-state index contributed by atoms with van der Waals surface area (Å²) in [6, 6.07) is 11.1. The van der Waals surface area contributed by atoms with Gasteiger partial charge in [0.15, 0.2) is 0 Å². The quantitative estimate of drug-likeness (QED) is 0.777. The van der Waals surface area contributed by atoms with Crippen molar-refractivity contribution in [3.05, 3.63) is 58.3 Å². The van der Waals surface area contributed by atoms with Crippen molar-refractivity contribution in [1.29, 1.82) is 0 Å². The molecule has 0 saturated heterocycles. The fourth-order valence-electron chi connectivity index (χ4n) is 2.22. The maximum atomic E-state index is 11.2. The summed E-state index contributed by atoms with van der Waals surface area (Å²) in [6.45, 7) is 2.01.